The van der Waals surface area contributed by atoms with Crippen molar-refractivity contribution in [3.63, 3.8) is 0 Å². The Morgan fingerprint density at radius 1 is 1.05 bits per heavy atom. The van der Waals surface area contributed by atoms with Crippen LogP contribution in [-0.4, -0.2) is 45.7 Å². The average molecular weight is 545 g/mol. The smallest absolute Gasteiger partial charge is 0.414 e. The Kier molecular flexibility index (Phi) is 7.98. The third-order valence-corrected chi connectivity index (χ3v) is 6.40. The van der Waals surface area contributed by atoms with Crippen LogP contribution in [0.25, 0.3) is 22.7 Å². The summed E-state index contributed by atoms with van der Waals surface area (Å²) in [7, 11) is 0. The average Bonchev–Trinajstić information content (AvgIpc) is 3.36. The second-order valence-corrected chi connectivity index (χ2v) is 8.87. The number of pyridine rings is 1. The van der Waals surface area contributed by atoms with Crippen LogP contribution >= 0.6 is 11.3 Å². The van der Waals surface area contributed by atoms with E-state index in [0.29, 0.717) is 6.54 Å². The number of halogens is 3. The Balaban J connectivity index is 1.53. The zero-order valence-electron chi connectivity index (χ0n) is 19.4. The number of alkyl halides is 3. The molecule has 0 radical (unpaired) electrons. The van der Waals surface area contributed by atoms with Crippen LogP contribution in [0, 0.1) is 0 Å². The molecule has 2 aromatic heterocycles. The van der Waals surface area contributed by atoms with E-state index in [0.717, 1.165) is 45.7 Å². The zero-order valence-corrected chi connectivity index (χ0v) is 20.3. The first-order valence-electron chi connectivity index (χ1n) is 11.1. The lowest BCUT2D eigenvalue weighted by molar-refractivity contribution is -0.195. The molecule has 2 N–H and O–H groups in total. The highest BCUT2D eigenvalue weighted by Crippen LogP contribution is 2.38. The van der Waals surface area contributed by atoms with Gasteiger partial charge in [-0.3, -0.25) is 19.7 Å². The van der Waals surface area contributed by atoms with Gasteiger partial charge in [0.2, 0.25) is 0 Å². The third kappa shape index (κ3) is 6.30. The first-order valence-corrected chi connectivity index (χ1v) is 11.9. The van der Waals surface area contributed by atoms with Gasteiger partial charge in [0, 0.05) is 24.3 Å². The summed E-state index contributed by atoms with van der Waals surface area (Å²) in [5.74, 6) is -5.56. The topological polar surface area (TPSA) is 122 Å². The lowest BCUT2D eigenvalue weighted by Crippen LogP contribution is -2.33. The van der Waals surface area contributed by atoms with Crippen LogP contribution < -0.4 is 10.4 Å². The van der Waals surface area contributed by atoms with Crippen molar-refractivity contribution in [3.05, 3.63) is 77.4 Å². The van der Waals surface area contributed by atoms with Crippen molar-refractivity contribution in [3.8, 4) is 10.6 Å². The molecule has 0 aliphatic carbocycles. The van der Waals surface area contributed by atoms with Crippen molar-refractivity contribution in [2.45, 2.75) is 19.0 Å². The van der Waals surface area contributed by atoms with Gasteiger partial charge in [-0.25, -0.2) is 20.2 Å². The van der Waals surface area contributed by atoms with E-state index in [9.17, 15) is 27.6 Å². The summed E-state index contributed by atoms with van der Waals surface area (Å²) in [4.78, 5) is 46.3. The number of amides is 2. The molecule has 0 unspecified atom stereocenters. The molecule has 1 aliphatic heterocycles. The highest BCUT2D eigenvalue weighted by atomic mass is 32.1. The van der Waals surface area contributed by atoms with Gasteiger partial charge in [-0.1, -0.05) is 47.7 Å². The predicted octanol–water partition coefficient (Wildman–Crippen LogP) is 4.15. The SMILES string of the molecule is O=C(NO)/C(=C\c1cccc(/C=C/C(=O)N2CCCc3nc(-c4ccccc4)sc32)n1)OC(=O)C(F)(F)F. The minimum Gasteiger partial charge on any atom is -0.414 e. The largest absolute Gasteiger partial charge is 0.491 e. The van der Waals surface area contributed by atoms with Gasteiger partial charge in [0.05, 0.1) is 17.1 Å². The Bertz CT molecular complexity index is 1420. The normalized spacial score (nSPS) is 13.8. The molecule has 13 heteroatoms. The van der Waals surface area contributed by atoms with Crippen LogP contribution in [0.3, 0.4) is 0 Å². The number of benzene rings is 1. The molecule has 38 heavy (non-hydrogen) atoms. The number of thiazole rings is 1. The van der Waals surface area contributed by atoms with Crippen LogP contribution in [0.5, 0.6) is 0 Å². The van der Waals surface area contributed by atoms with Gasteiger partial charge in [0.15, 0.2) is 5.76 Å². The van der Waals surface area contributed by atoms with E-state index in [2.05, 4.69) is 9.72 Å². The van der Waals surface area contributed by atoms with E-state index >= 15 is 0 Å². The molecular weight excluding hydrogens is 525 g/mol. The maximum Gasteiger partial charge on any atom is 0.491 e. The minimum absolute atomic E-state index is 0.0663. The number of hydrogen-bond donors (Lipinski definition) is 2. The number of aromatic nitrogens is 2. The van der Waals surface area contributed by atoms with Crippen LogP contribution in [-0.2, 0) is 25.5 Å². The Morgan fingerprint density at radius 2 is 1.79 bits per heavy atom. The molecule has 0 fully saturated rings. The van der Waals surface area contributed by atoms with Gasteiger partial charge in [-0.05, 0) is 31.1 Å². The van der Waals surface area contributed by atoms with Crippen molar-refractivity contribution >= 4 is 46.3 Å². The number of carbonyl (C=O) groups is 3. The highest BCUT2D eigenvalue weighted by Gasteiger charge is 2.42. The summed E-state index contributed by atoms with van der Waals surface area (Å²) >= 11 is 1.42. The van der Waals surface area contributed by atoms with Gasteiger partial charge < -0.3 is 4.74 Å². The molecule has 9 nitrogen and oxygen atoms in total. The number of nitrogens with zero attached hydrogens (tertiary/aromatic N) is 3. The fourth-order valence-electron chi connectivity index (χ4n) is 3.52. The van der Waals surface area contributed by atoms with E-state index < -0.39 is 23.8 Å². The van der Waals surface area contributed by atoms with E-state index in [1.165, 1.54) is 41.7 Å². The van der Waals surface area contributed by atoms with Crippen molar-refractivity contribution in [1.82, 2.24) is 15.4 Å². The Labute approximate surface area is 217 Å². The molecule has 4 rings (SSSR count). The Morgan fingerprint density at radius 3 is 2.50 bits per heavy atom. The number of aryl methyl sites for hydroxylation is 1. The molecular formula is C25H19F3N4O5S. The number of carbonyl (C=O) groups excluding carboxylic acids is 3. The monoisotopic (exact) mass is 544 g/mol. The number of hydroxylamine groups is 1. The van der Waals surface area contributed by atoms with E-state index in [1.807, 2.05) is 30.3 Å². The molecule has 2 amide bonds. The van der Waals surface area contributed by atoms with Gasteiger partial charge in [-0.15, -0.1) is 0 Å². The molecule has 1 aromatic carbocycles. The molecule has 0 saturated carbocycles. The minimum atomic E-state index is -5.36. The predicted molar refractivity (Wildman–Crippen MR) is 132 cm³/mol. The van der Waals surface area contributed by atoms with Crippen molar-refractivity contribution in [2.24, 2.45) is 0 Å². The van der Waals surface area contributed by atoms with Crippen LogP contribution in [0.15, 0.2) is 60.4 Å². The van der Waals surface area contributed by atoms with Crippen LogP contribution in [0.2, 0.25) is 0 Å². The molecule has 0 spiro atoms. The molecule has 0 saturated heterocycles. The summed E-state index contributed by atoms with van der Waals surface area (Å²) in [6.07, 6.45) is -0.409. The summed E-state index contributed by atoms with van der Waals surface area (Å²) in [5.41, 5.74) is 3.08. The second-order valence-electron chi connectivity index (χ2n) is 7.89. The quantitative estimate of drug-likeness (QED) is 0.157. The second kappa shape index (κ2) is 11.4. The number of anilines is 1. The number of rotatable bonds is 6. The number of fused-ring (bicyclic) bond motifs is 1. The van der Waals surface area contributed by atoms with Crippen molar-refractivity contribution in [2.75, 3.05) is 11.4 Å². The zero-order chi connectivity index (χ0) is 27.3. The summed E-state index contributed by atoms with van der Waals surface area (Å²) in [5, 5.41) is 10.3. The first-order chi connectivity index (χ1) is 18.2. The van der Waals surface area contributed by atoms with Gasteiger partial charge >= 0.3 is 18.1 Å². The molecule has 1 aliphatic rings. The lowest BCUT2D eigenvalue weighted by Gasteiger charge is -2.24. The van der Waals surface area contributed by atoms with E-state index in [4.69, 9.17) is 10.2 Å². The molecule has 0 bridgehead atoms. The third-order valence-electron chi connectivity index (χ3n) is 5.23. The van der Waals surface area contributed by atoms with Crippen molar-refractivity contribution < 1.29 is 37.5 Å². The number of nitrogens with one attached hydrogen (secondary N) is 1. The summed E-state index contributed by atoms with van der Waals surface area (Å²) in [6.45, 7) is 0.507. The van der Waals surface area contributed by atoms with E-state index in [1.54, 1.807) is 4.90 Å². The van der Waals surface area contributed by atoms with Crippen LogP contribution in [0.4, 0.5) is 18.2 Å². The fraction of sp³-hybridized carbons (Fsp3) is 0.160. The molecule has 196 valence electrons. The highest BCUT2D eigenvalue weighted by molar-refractivity contribution is 7.19. The summed E-state index contributed by atoms with van der Waals surface area (Å²) in [6, 6.07) is 14.0. The van der Waals surface area contributed by atoms with Crippen LogP contribution in [0.1, 0.15) is 23.5 Å². The van der Waals surface area contributed by atoms with Gasteiger partial charge in [-0.2, -0.15) is 13.2 Å². The standard InChI is InChI=1S/C25H19F3N4O5S/c26-25(27,28)24(35)37-19(21(34)31-36)14-17-9-4-8-16(29-17)11-12-20(33)32-13-5-10-18-23(32)38-22(30-18)15-6-2-1-3-7-15/h1-4,6-9,11-12,14,36H,5,10,13H2,(H,31,34)/b12-11+,19-14+. The molecule has 3 heterocycles. The molecule has 0 atom stereocenters. The fourth-order valence-corrected chi connectivity index (χ4v) is 4.67. The summed E-state index contributed by atoms with van der Waals surface area (Å²) < 4.78 is 41.6. The van der Waals surface area contributed by atoms with Crippen molar-refractivity contribution in [1.29, 1.82) is 0 Å². The number of esters is 1. The maximum absolute atomic E-state index is 13.0. The van der Waals surface area contributed by atoms with E-state index in [-0.39, 0.29) is 17.3 Å². The Hall–Kier alpha value is -4.36. The maximum atomic E-state index is 13.0. The first kappa shape index (κ1) is 26.7. The molecule has 3 aromatic rings. The van der Waals surface area contributed by atoms with Gasteiger partial charge in [0.1, 0.15) is 10.0 Å². The number of hydrogen-bond acceptors (Lipinski definition) is 8. The number of ether oxygens (including phenoxy) is 1. The lowest BCUT2D eigenvalue weighted by atomic mass is 10.1. The van der Waals surface area contributed by atoms with Gasteiger partial charge in [0.25, 0.3) is 5.91 Å².